The fraction of sp³-hybridized carbons (Fsp3) is 0.318. The van der Waals surface area contributed by atoms with E-state index in [-0.39, 0.29) is 24.1 Å². The van der Waals surface area contributed by atoms with Gasteiger partial charge < -0.3 is 5.32 Å². The maximum absolute atomic E-state index is 13.6. The summed E-state index contributed by atoms with van der Waals surface area (Å²) in [5.41, 5.74) is 1.65. The van der Waals surface area contributed by atoms with Crippen molar-refractivity contribution < 1.29 is 13.6 Å². The first kappa shape index (κ1) is 20.4. The summed E-state index contributed by atoms with van der Waals surface area (Å²) in [6.45, 7) is 2.10. The summed E-state index contributed by atoms with van der Waals surface area (Å²) in [4.78, 5) is 26.9. The number of thiophene rings is 1. The van der Waals surface area contributed by atoms with E-state index < -0.39 is 11.6 Å². The van der Waals surface area contributed by atoms with Crippen LogP contribution < -0.4 is 10.9 Å². The van der Waals surface area contributed by atoms with Crippen LogP contribution in [0.25, 0.3) is 11.3 Å². The van der Waals surface area contributed by atoms with E-state index in [1.165, 1.54) is 44.7 Å². The fourth-order valence-corrected chi connectivity index (χ4v) is 4.73. The normalized spacial score (nSPS) is 13.8. The summed E-state index contributed by atoms with van der Waals surface area (Å²) < 4.78 is 28.0. The number of carbonyl (C=O) groups excluding carboxylic acids is 1. The van der Waals surface area contributed by atoms with Crippen molar-refractivity contribution in [1.82, 2.24) is 15.1 Å². The number of nitrogens with zero attached hydrogens (tertiary/aromatic N) is 2. The zero-order chi connectivity index (χ0) is 21.3. The van der Waals surface area contributed by atoms with E-state index >= 15 is 0 Å². The molecular weight excluding hydrogens is 408 g/mol. The maximum Gasteiger partial charge on any atom is 0.266 e. The number of benzene rings is 1. The summed E-state index contributed by atoms with van der Waals surface area (Å²) in [7, 11) is 0. The molecule has 1 atom stereocenters. The number of rotatable bonds is 6. The van der Waals surface area contributed by atoms with Gasteiger partial charge in [-0.2, -0.15) is 5.10 Å². The Kier molecular flexibility index (Phi) is 5.76. The largest absolute Gasteiger partial charge is 0.347 e. The SMILES string of the molecule is CC[C@H](Cn1nc(-c2ccc(F)c(F)c2)ccc1=O)NC(=O)c1cc2c(s1)CCC2. The number of carbonyl (C=O) groups is 1. The number of amides is 1. The molecule has 1 aromatic carbocycles. The highest BCUT2D eigenvalue weighted by molar-refractivity contribution is 7.14. The Balaban J connectivity index is 1.51. The summed E-state index contributed by atoms with van der Waals surface area (Å²) in [6.07, 6.45) is 3.80. The van der Waals surface area contributed by atoms with Gasteiger partial charge in [0.05, 0.1) is 17.1 Å². The highest BCUT2D eigenvalue weighted by atomic mass is 32.1. The Morgan fingerprint density at radius 1 is 1.20 bits per heavy atom. The molecule has 2 heterocycles. The number of hydrogen-bond donors (Lipinski definition) is 1. The van der Waals surface area contributed by atoms with Crippen LogP contribution in [-0.4, -0.2) is 21.7 Å². The molecule has 4 rings (SSSR count). The van der Waals surface area contributed by atoms with Crippen LogP contribution in [-0.2, 0) is 19.4 Å². The van der Waals surface area contributed by atoms with E-state index in [0.717, 1.165) is 31.4 Å². The minimum atomic E-state index is -0.978. The Labute approximate surface area is 176 Å². The molecule has 5 nitrogen and oxygen atoms in total. The molecule has 156 valence electrons. The summed E-state index contributed by atoms with van der Waals surface area (Å²) in [6, 6.07) is 7.95. The van der Waals surface area contributed by atoms with Crippen LogP contribution in [0.4, 0.5) is 8.78 Å². The fourth-order valence-electron chi connectivity index (χ4n) is 3.57. The first-order chi connectivity index (χ1) is 14.4. The third-order valence-corrected chi connectivity index (χ3v) is 6.51. The number of aryl methyl sites for hydroxylation is 2. The lowest BCUT2D eigenvalue weighted by molar-refractivity contribution is 0.0934. The van der Waals surface area contributed by atoms with Gasteiger partial charge in [0.15, 0.2) is 11.6 Å². The molecule has 0 unspecified atom stereocenters. The average Bonchev–Trinajstić information content (AvgIpc) is 3.33. The van der Waals surface area contributed by atoms with Crippen molar-refractivity contribution in [3.05, 3.63) is 73.7 Å². The van der Waals surface area contributed by atoms with Crippen molar-refractivity contribution in [1.29, 1.82) is 0 Å². The van der Waals surface area contributed by atoms with Crippen LogP contribution >= 0.6 is 11.3 Å². The summed E-state index contributed by atoms with van der Waals surface area (Å²) in [5, 5.41) is 7.27. The second kappa shape index (κ2) is 8.47. The molecule has 0 saturated heterocycles. The molecule has 0 saturated carbocycles. The molecular formula is C22H21F2N3O2S. The van der Waals surface area contributed by atoms with Crippen LogP contribution in [0, 0.1) is 11.6 Å². The maximum atomic E-state index is 13.6. The lowest BCUT2D eigenvalue weighted by atomic mass is 10.1. The van der Waals surface area contributed by atoms with E-state index in [1.54, 1.807) is 0 Å². The zero-order valence-electron chi connectivity index (χ0n) is 16.5. The second-order valence-electron chi connectivity index (χ2n) is 7.36. The lowest BCUT2D eigenvalue weighted by Gasteiger charge is -2.17. The van der Waals surface area contributed by atoms with Crippen LogP contribution in [0.1, 0.15) is 39.9 Å². The number of hydrogen-bond acceptors (Lipinski definition) is 4. The van der Waals surface area contributed by atoms with Crippen molar-refractivity contribution in [2.45, 2.75) is 45.2 Å². The molecule has 1 aliphatic carbocycles. The first-order valence-electron chi connectivity index (χ1n) is 9.90. The smallest absolute Gasteiger partial charge is 0.266 e. The Bertz CT molecular complexity index is 1130. The van der Waals surface area contributed by atoms with Crippen LogP contribution in [0.2, 0.25) is 0 Å². The van der Waals surface area contributed by atoms with Crippen molar-refractivity contribution >= 4 is 17.2 Å². The van der Waals surface area contributed by atoms with E-state index in [9.17, 15) is 18.4 Å². The molecule has 30 heavy (non-hydrogen) atoms. The van der Waals surface area contributed by atoms with Gasteiger partial charge in [-0.1, -0.05) is 6.92 Å². The average molecular weight is 429 g/mol. The molecule has 1 aliphatic rings. The van der Waals surface area contributed by atoms with E-state index in [1.807, 2.05) is 13.0 Å². The van der Waals surface area contributed by atoms with Crippen molar-refractivity contribution in [2.75, 3.05) is 0 Å². The topological polar surface area (TPSA) is 64.0 Å². The van der Waals surface area contributed by atoms with Gasteiger partial charge in [-0.15, -0.1) is 11.3 Å². The molecule has 0 radical (unpaired) electrons. The summed E-state index contributed by atoms with van der Waals surface area (Å²) >= 11 is 1.53. The van der Waals surface area contributed by atoms with Crippen molar-refractivity contribution in [2.24, 2.45) is 0 Å². The Morgan fingerprint density at radius 3 is 2.77 bits per heavy atom. The molecule has 1 N–H and O–H groups in total. The highest BCUT2D eigenvalue weighted by Crippen LogP contribution is 2.30. The number of aromatic nitrogens is 2. The van der Waals surface area contributed by atoms with Gasteiger partial charge in [-0.05, 0) is 61.6 Å². The van der Waals surface area contributed by atoms with Gasteiger partial charge in [-0.25, -0.2) is 13.5 Å². The third-order valence-electron chi connectivity index (χ3n) is 5.27. The Hall–Kier alpha value is -2.87. The minimum Gasteiger partial charge on any atom is -0.347 e. The first-order valence-corrected chi connectivity index (χ1v) is 10.7. The Morgan fingerprint density at radius 2 is 2.03 bits per heavy atom. The standard InChI is InChI=1S/C22H21F2N3O2S/c1-2-15(25-22(29)20-11-14-4-3-5-19(14)30-20)12-27-21(28)9-8-18(26-27)13-6-7-16(23)17(24)10-13/h6-11,15H,2-5,12H2,1H3,(H,25,29)/t15-/m1/s1. The minimum absolute atomic E-state index is 0.147. The number of nitrogens with one attached hydrogen (secondary N) is 1. The van der Waals surface area contributed by atoms with Gasteiger partial charge in [-0.3, -0.25) is 9.59 Å². The predicted octanol–water partition coefficient (Wildman–Crippen LogP) is 3.95. The highest BCUT2D eigenvalue weighted by Gasteiger charge is 2.20. The molecule has 0 bridgehead atoms. The van der Waals surface area contributed by atoms with Gasteiger partial charge in [0.25, 0.3) is 11.5 Å². The van der Waals surface area contributed by atoms with Gasteiger partial charge >= 0.3 is 0 Å². The molecule has 0 spiro atoms. The molecule has 3 aromatic rings. The zero-order valence-corrected chi connectivity index (χ0v) is 17.3. The monoisotopic (exact) mass is 429 g/mol. The third kappa shape index (κ3) is 4.18. The molecule has 2 aromatic heterocycles. The second-order valence-corrected chi connectivity index (χ2v) is 8.50. The van der Waals surface area contributed by atoms with Crippen LogP contribution in [0.5, 0.6) is 0 Å². The van der Waals surface area contributed by atoms with E-state index in [2.05, 4.69) is 10.4 Å². The van der Waals surface area contributed by atoms with Gasteiger partial charge in [0.2, 0.25) is 0 Å². The van der Waals surface area contributed by atoms with Crippen LogP contribution in [0.3, 0.4) is 0 Å². The molecule has 1 amide bonds. The molecule has 0 fully saturated rings. The predicted molar refractivity (Wildman–Crippen MR) is 112 cm³/mol. The van der Waals surface area contributed by atoms with Crippen molar-refractivity contribution in [3.63, 3.8) is 0 Å². The number of halogens is 2. The van der Waals surface area contributed by atoms with E-state index in [4.69, 9.17) is 0 Å². The lowest BCUT2D eigenvalue weighted by Crippen LogP contribution is -2.40. The van der Waals surface area contributed by atoms with E-state index in [0.29, 0.717) is 22.6 Å². The van der Waals surface area contributed by atoms with Crippen LogP contribution in [0.15, 0.2) is 41.2 Å². The van der Waals surface area contributed by atoms with Gasteiger partial charge in [0, 0.05) is 22.5 Å². The molecule has 0 aliphatic heterocycles. The quantitative estimate of drug-likeness (QED) is 0.645. The number of fused-ring (bicyclic) bond motifs is 1. The summed E-state index contributed by atoms with van der Waals surface area (Å²) in [5.74, 6) is -2.07. The van der Waals surface area contributed by atoms with Crippen molar-refractivity contribution in [3.8, 4) is 11.3 Å². The molecule has 8 heteroatoms. The van der Waals surface area contributed by atoms with Gasteiger partial charge in [0.1, 0.15) is 0 Å².